The standard InChI is InChI=1S/C14H12N2OS/c1-9-10(2)18-14(15-9)13-16-12(8-17-13)11-6-4-3-5-7-11/h3-8H,1-2H3. The van der Waals surface area contributed by atoms with Crippen molar-refractivity contribution in [2.24, 2.45) is 0 Å². The van der Waals surface area contributed by atoms with Crippen molar-refractivity contribution in [3.05, 3.63) is 47.2 Å². The fourth-order valence-electron chi connectivity index (χ4n) is 1.68. The van der Waals surface area contributed by atoms with Crippen LogP contribution in [0.25, 0.3) is 22.2 Å². The first-order chi connectivity index (χ1) is 8.74. The van der Waals surface area contributed by atoms with Gasteiger partial charge in [-0.15, -0.1) is 11.3 Å². The summed E-state index contributed by atoms with van der Waals surface area (Å²) < 4.78 is 5.51. The van der Waals surface area contributed by atoms with Gasteiger partial charge in [-0.25, -0.2) is 9.97 Å². The van der Waals surface area contributed by atoms with E-state index < -0.39 is 0 Å². The molecule has 0 fully saturated rings. The molecule has 0 bridgehead atoms. The Morgan fingerprint density at radius 1 is 1.06 bits per heavy atom. The van der Waals surface area contributed by atoms with Gasteiger partial charge in [0.2, 0.25) is 0 Å². The van der Waals surface area contributed by atoms with Gasteiger partial charge in [0.05, 0.1) is 5.69 Å². The van der Waals surface area contributed by atoms with Gasteiger partial charge in [-0.2, -0.15) is 0 Å². The maximum Gasteiger partial charge on any atom is 0.256 e. The number of benzene rings is 1. The lowest BCUT2D eigenvalue weighted by atomic mass is 10.2. The molecule has 3 rings (SSSR count). The highest BCUT2D eigenvalue weighted by molar-refractivity contribution is 7.15. The zero-order valence-electron chi connectivity index (χ0n) is 10.2. The van der Waals surface area contributed by atoms with Crippen molar-refractivity contribution in [3.63, 3.8) is 0 Å². The second-order valence-electron chi connectivity index (χ2n) is 4.06. The second kappa shape index (κ2) is 4.38. The average Bonchev–Trinajstić information content (AvgIpc) is 2.99. The van der Waals surface area contributed by atoms with Crippen molar-refractivity contribution < 1.29 is 4.42 Å². The minimum Gasteiger partial charge on any atom is -0.442 e. The highest BCUT2D eigenvalue weighted by atomic mass is 32.1. The third kappa shape index (κ3) is 1.95. The van der Waals surface area contributed by atoms with Gasteiger partial charge in [-0.05, 0) is 13.8 Å². The molecular weight excluding hydrogens is 244 g/mol. The topological polar surface area (TPSA) is 38.9 Å². The van der Waals surface area contributed by atoms with Gasteiger partial charge in [-0.3, -0.25) is 0 Å². The molecule has 0 amide bonds. The predicted molar refractivity (Wildman–Crippen MR) is 72.5 cm³/mol. The molecule has 0 aliphatic rings. The molecule has 0 radical (unpaired) electrons. The lowest BCUT2D eigenvalue weighted by molar-refractivity contribution is 0.574. The van der Waals surface area contributed by atoms with E-state index in [2.05, 4.69) is 16.9 Å². The fourth-order valence-corrected chi connectivity index (χ4v) is 2.52. The maximum atomic E-state index is 5.51. The molecule has 0 aliphatic heterocycles. The van der Waals surface area contributed by atoms with Crippen LogP contribution in [0.4, 0.5) is 0 Å². The average molecular weight is 256 g/mol. The molecule has 0 unspecified atom stereocenters. The summed E-state index contributed by atoms with van der Waals surface area (Å²) in [6.07, 6.45) is 1.68. The van der Waals surface area contributed by atoms with Gasteiger partial charge >= 0.3 is 0 Å². The number of nitrogens with zero attached hydrogens (tertiary/aromatic N) is 2. The summed E-state index contributed by atoms with van der Waals surface area (Å²) in [5.41, 5.74) is 2.93. The van der Waals surface area contributed by atoms with Crippen LogP contribution in [0.1, 0.15) is 10.6 Å². The molecule has 2 aromatic heterocycles. The summed E-state index contributed by atoms with van der Waals surface area (Å²) in [7, 11) is 0. The number of thiazole rings is 1. The minimum atomic E-state index is 0.593. The van der Waals surface area contributed by atoms with E-state index >= 15 is 0 Å². The Labute approximate surface area is 109 Å². The van der Waals surface area contributed by atoms with Gasteiger partial charge in [0, 0.05) is 10.4 Å². The van der Waals surface area contributed by atoms with E-state index in [1.54, 1.807) is 17.6 Å². The van der Waals surface area contributed by atoms with E-state index in [0.29, 0.717) is 5.89 Å². The van der Waals surface area contributed by atoms with Crippen LogP contribution in [0.5, 0.6) is 0 Å². The zero-order valence-corrected chi connectivity index (χ0v) is 11.0. The van der Waals surface area contributed by atoms with Crippen molar-refractivity contribution in [1.29, 1.82) is 0 Å². The third-order valence-electron chi connectivity index (χ3n) is 2.79. The lowest BCUT2D eigenvalue weighted by Crippen LogP contribution is -1.79. The number of hydrogen-bond acceptors (Lipinski definition) is 4. The van der Waals surface area contributed by atoms with E-state index in [1.165, 1.54) is 4.88 Å². The highest BCUT2D eigenvalue weighted by Crippen LogP contribution is 2.29. The normalized spacial score (nSPS) is 10.8. The zero-order chi connectivity index (χ0) is 12.5. The minimum absolute atomic E-state index is 0.593. The van der Waals surface area contributed by atoms with Gasteiger partial charge < -0.3 is 4.42 Å². The Balaban J connectivity index is 1.99. The SMILES string of the molecule is Cc1nc(-c2nc(-c3ccccc3)co2)sc1C. The second-order valence-corrected chi connectivity index (χ2v) is 5.27. The molecule has 90 valence electrons. The number of aromatic nitrogens is 2. The highest BCUT2D eigenvalue weighted by Gasteiger charge is 2.12. The molecule has 0 saturated heterocycles. The Hall–Kier alpha value is -1.94. The van der Waals surface area contributed by atoms with Crippen molar-refractivity contribution in [1.82, 2.24) is 9.97 Å². The number of rotatable bonds is 2. The molecule has 0 spiro atoms. The van der Waals surface area contributed by atoms with Crippen LogP contribution in [0.15, 0.2) is 41.0 Å². The molecule has 0 N–H and O–H groups in total. The first-order valence-corrected chi connectivity index (χ1v) is 6.51. The number of oxazole rings is 1. The van der Waals surface area contributed by atoms with Crippen LogP contribution >= 0.6 is 11.3 Å². The number of aryl methyl sites for hydroxylation is 2. The van der Waals surface area contributed by atoms with Gasteiger partial charge in [-0.1, -0.05) is 30.3 Å². The Kier molecular flexibility index (Phi) is 2.72. The monoisotopic (exact) mass is 256 g/mol. The van der Waals surface area contributed by atoms with Crippen LogP contribution < -0.4 is 0 Å². The van der Waals surface area contributed by atoms with Crippen LogP contribution in [0.3, 0.4) is 0 Å². The maximum absolute atomic E-state index is 5.51. The van der Waals surface area contributed by atoms with Crippen LogP contribution in [-0.2, 0) is 0 Å². The Morgan fingerprint density at radius 2 is 1.83 bits per heavy atom. The van der Waals surface area contributed by atoms with E-state index in [-0.39, 0.29) is 0 Å². The summed E-state index contributed by atoms with van der Waals surface area (Å²) in [5, 5.41) is 0.840. The van der Waals surface area contributed by atoms with Crippen molar-refractivity contribution in [2.75, 3.05) is 0 Å². The molecule has 3 nitrogen and oxygen atoms in total. The third-order valence-corrected chi connectivity index (χ3v) is 3.85. The van der Waals surface area contributed by atoms with Crippen LogP contribution in [0.2, 0.25) is 0 Å². The van der Waals surface area contributed by atoms with Crippen molar-refractivity contribution >= 4 is 11.3 Å². The first kappa shape index (κ1) is 11.2. The summed E-state index contributed by atoms with van der Waals surface area (Å²) in [5.74, 6) is 0.593. The molecule has 1 aromatic carbocycles. The molecular formula is C14H12N2OS. The molecule has 0 aliphatic carbocycles. The van der Waals surface area contributed by atoms with E-state index in [9.17, 15) is 0 Å². The Bertz CT molecular complexity index is 651. The fraction of sp³-hybridized carbons (Fsp3) is 0.143. The summed E-state index contributed by atoms with van der Waals surface area (Å²) >= 11 is 1.61. The smallest absolute Gasteiger partial charge is 0.256 e. The largest absolute Gasteiger partial charge is 0.442 e. The lowest BCUT2D eigenvalue weighted by Gasteiger charge is -1.91. The van der Waals surface area contributed by atoms with Crippen molar-refractivity contribution in [2.45, 2.75) is 13.8 Å². The summed E-state index contributed by atoms with van der Waals surface area (Å²) in [6.45, 7) is 4.05. The van der Waals surface area contributed by atoms with Crippen molar-refractivity contribution in [3.8, 4) is 22.2 Å². The summed E-state index contributed by atoms with van der Waals surface area (Å²) in [6, 6.07) is 9.99. The molecule has 4 heteroatoms. The van der Waals surface area contributed by atoms with Gasteiger partial charge in [0.1, 0.15) is 12.0 Å². The molecule has 3 aromatic rings. The Morgan fingerprint density at radius 3 is 2.50 bits per heavy atom. The predicted octanol–water partition coefficient (Wildman–Crippen LogP) is 4.08. The summed E-state index contributed by atoms with van der Waals surface area (Å²) in [4.78, 5) is 10.1. The van der Waals surface area contributed by atoms with E-state index in [1.807, 2.05) is 37.3 Å². The molecule has 0 saturated carbocycles. The van der Waals surface area contributed by atoms with E-state index in [4.69, 9.17) is 4.42 Å². The molecule has 0 atom stereocenters. The molecule has 18 heavy (non-hydrogen) atoms. The van der Waals surface area contributed by atoms with Gasteiger partial charge in [0.15, 0.2) is 5.01 Å². The first-order valence-electron chi connectivity index (χ1n) is 5.69. The van der Waals surface area contributed by atoms with Crippen LogP contribution in [-0.4, -0.2) is 9.97 Å². The van der Waals surface area contributed by atoms with Crippen LogP contribution in [0, 0.1) is 13.8 Å². The number of hydrogen-bond donors (Lipinski definition) is 0. The quantitative estimate of drug-likeness (QED) is 0.693. The van der Waals surface area contributed by atoms with Gasteiger partial charge in [0.25, 0.3) is 5.89 Å². The molecule has 2 heterocycles. The van der Waals surface area contributed by atoms with E-state index in [0.717, 1.165) is 22.0 Å².